The van der Waals surface area contributed by atoms with Gasteiger partial charge in [-0.1, -0.05) is 44.2 Å². The number of aromatic nitrogens is 1. The number of halogens is 1. The van der Waals surface area contributed by atoms with Gasteiger partial charge in [0.1, 0.15) is 12.1 Å². The quantitative estimate of drug-likeness (QED) is 0.591. The smallest absolute Gasteiger partial charge is 0.277 e. The van der Waals surface area contributed by atoms with Crippen LogP contribution in [0.3, 0.4) is 0 Å². The molecular weight excluding hydrogens is 407 g/mol. The van der Waals surface area contributed by atoms with Gasteiger partial charge in [0.05, 0.1) is 6.54 Å². The number of carbonyl (C=O) groups excluding carboxylic acids is 1. The molecule has 0 saturated carbocycles. The topological polar surface area (TPSA) is 61.6 Å². The Morgan fingerprint density at radius 1 is 1.06 bits per heavy atom. The van der Waals surface area contributed by atoms with E-state index in [-0.39, 0.29) is 5.69 Å². The molecule has 1 amide bonds. The molecule has 2 heterocycles. The summed E-state index contributed by atoms with van der Waals surface area (Å²) in [4.78, 5) is 21.4. The van der Waals surface area contributed by atoms with Gasteiger partial charge >= 0.3 is 0 Å². The summed E-state index contributed by atoms with van der Waals surface area (Å²) in [7, 11) is 0. The fourth-order valence-electron chi connectivity index (χ4n) is 3.81. The molecule has 32 heavy (non-hydrogen) atoms. The number of carbonyl (C=O) groups is 1. The third kappa shape index (κ3) is 5.81. The Labute approximate surface area is 188 Å². The van der Waals surface area contributed by atoms with E-state index in [1.165, 1.54) is 29.5 Å². The van der Waals surface area contributed by atoms with Crippen LogP contribution in [-0.2, 0) is 13.1 Å². The third-order valence-corrected chi connectivity index (χ3v) is 5.74. The van der Waals surface area contributed by atoms with Crippen LogP contribution >= 0.6 is 0 Å². The summed E-state index contributed by atoms with van der Waals surface area (Å²) >= 11 is 0. The largest absolute Gasteiger partial charge is 0.447 e. The van der Waals surface area contributed by atoms with Crippen LogP contribution in [0.5, 0.6) is 0 Å². The monoisotopic (exact) mass is 436 g/mol. The average Bonchev–Trinajstić information content (AvgIpc) is 3.24. The Balaban J connectivity index is 1.25. The number of oxazole rings is 1. The normalized spacial score (nSPS) is 15.2. The maximum Gasteiger partial charge on any atom is 0.277 e. The number of nitrogens with zero attached hydrogens (tertiary/aromatic N) is 3. The van der Waals surface area contributed by atoms with E-state index in [0.717, 1.165) is 32.7 Å². The molecule has 0 spiro atoms. The Bertz CT molecular complexity index is 1040. The van der Waals surface area contributed by atoms with Crippen molar-refractivity contribution in [3.63, 3.8) is 0 Å². The second kappa shape index (κ2) is 10.1. The number of hydrogen-bond acceptors (Lipinski definition) is 5. The van der Waals surface area contributed by atoms with E-state index in [1.807, 2.05) is 0 Å². The van der Waals surface area contributed by atoms with Crippen molar-refractivity contribution in [3.8, 4) is 0 Å². The van der Waals surface area contributed by atoms with Gasteiger partial charge in [0.25, 0.3) is 5.91 Å². The molecule has 3 aromatic rings. The van der Waals surface area contributed by atoms with Crippen molar-refractivity contribution in [2.75, 3.05) is 31.5 Å². The Morgan fingerprint density at radius 2 is 1.75 bits per heavy atom. The highest BCUT2D eigenvalue weighted by atomic mass is 19.1. The summed E-state index contributed by atoms with van der Waals surface area (Å²) in [5.41, 5.74) is 3.28. The molecule has 4 rings (SSSR count). The molecule has 1 saturated heterocycles. The zero-order valence-corrected chi connectivity index (χ0v) is 18.6. The number of nitrogens with one attached hydrogen (secondary N) is 1. The maximum atomic E-state index is 13.3. The first kappa shape index (κ1) is 22.2. The molecular formula is C25H29FN4O2. The molecule has 1 aliphatic rings. The lowest BCUT2D eigenvalue weighted by atomic mass is 10.0. The third-order valence-electron chi connectivity index (χ3n) is 5.74. The van der Waals surface area contributed by atoms with E-state index in [0.29, 0.717) is 24.0 Å². The minimum absolute atomic E-state index is 0.188. The van der Waals surface area contributed by atoms with Crippen LogP contribution in [-0.4, -0.2) is 46.9 Å². The van der Waals surface area contributed by atoms with Crippen LogP contribution < -0.4 is 5.32 Å². The SMILES string of the molecule is CC(C)c1ccc(CN2CCN(Cc3nc(C(=O)Nc4cccc(F)c4)co3)CC2)cc1. The van der Waals surface area contributed by atoms with Gasteiger partial charge in [-0.25, -0.2) is 9.37 Å². The van der Waals surface area contributed by atoms with E-state index in [9.17, 15) is 9.18 Å². The van der Waals surface area contributed by atoms with Gasteiger partial charge in [-0.05, 0) is 35.2 Å². The lowest BCUT2D eigenvalue weighted by Crippen LogP contribution is -2.45. The number of benzene rings is 2. The van der Waals surface area contributed by atoms with E-state index < -0.39 is 11.7 Å². The van der Waals surface area contributed by atoms with Crippen LogP contribution in [0.25, 0.3) is 0 Å². The second-order valence-corrected chi connectivity index (χ2v) is 8.54. The fraction of sp³-hybridized carbons (Fsp3) is 0.360. The summed E-state index contributed by atoms with van der Waals surface area (Å²) in [5, 5.41) is 2.63. The van der Waals surface area contributed by atoms with Crippen molar-refractivity contribution < 1.29 is 13.6 Å². The predicted molar refractivity (Wildman–Crippen MR) is 122 cm³/mol. The molecule has 7 heteroatoms. The minimum Gasteiger partial charge on any atom is -0.447 e. The highest BCUT2D eigenvalue weighted by Crippen LogP contribution is 2.17. The van der Waals surface area contributed by atoms with Crippen molar-refractivity contribution in [1.29, 1.82) is 0 Å². The van der Waals surface area contributed by atoms with Gasteiger partial charge in [-0.2, -0.15) is 0 Å². The summed E-state index contributed by atoms with van der Waals surface area (Å²) in [5.74, 6) is 0.233. The standard InChI is InChI=1S/C25H29FN4O2/c1-18(2)20-8-6-19(7-9-20)15-29-10-12-30(13-11-29)16-24-28-23(17-32-24)25(31)27-22-5-3-4-21(26)14-22/h3-9,14,17-18H,10-13,15-16H2,1-2H3,(H,27,31). The molecule has 168 valence electrons. The molecule has 0 atom stereocenters. The van der Waals surface area contributed by atoms with Crippen molar-refractivity contribution in [1.82, 2.24) is 14.8 Å². The van der Waals surface area contributed by atoms with Crippen LogP contribution in [0.2, 0.25) is 0 Å². The number of piperazine rings is 1. The lowest BCUT2D eigenvalue weighted by Gasteiger charge is -2.34. The molecule has 0 unspecified atom stereocenters. The molecule has 0 aliphatic carbocycles. The van der Waals surface area contributed by atoms with Crippen molar-refractivity contribution in [2.45, 2.75) is 32.9 Å². The zero-order valence-electron chi connectivity index (χ0n) is 18.6. The molecule has 1 aliphatic heterocycles. The van der Waals surface area contributed by atoms with E-state index >= 15 is 0 Å². The molecule has 1 aromatic heterocycles. The Hall–Kier alpha value is -3.03. The van der Waals surface area contributed by atoms with Gasteiger partial charge in [-0.3, -0.25) is 14.6 Å². The first-order valence-corrected chi connectivity index (χ1v) is 11.0. The van der Waals surface area contributed by atoms with Gasteiger partial charge in [-0.15, -0.1) is 0 Å². The number of amides is 1. The summed E-state index contributed by atoms with van der Waals surface area (Å²) in [6.07, 6.45) is 1.35. The summed E-state index contributed by atoms with van der Waals surface area (Å²) in [6, 6.07) is 14.7. The van der Waals surface area contributed by atoms with Crippen LogP contribution in [0.4, 0.5) is 10.1 Å². The lowest BCUT2D eigenvalue weighted by molar-refractivity contribution is 0.102. The summed E-state index contributed by atoms with van der Waals surface area (Å²) < 4.78 is 18.8. The maximum absolute atomic E-state index is 13.3. The number of anilines is 1. The number of hydrogen-bond donors (Lipinski definition) is 1. The van der Waals surface area contributed by atoms with Crippen molar-refractivity contribution >= 4 is 11.6 Å². The van der Waals surface area contributed by atoms with Gasteiger partial charge < -0.3 is 9.73 Å². The summed E-state index contributed by atoms with van der Waals surface area (Å²) in [6.45, 7) is 9.71. The van der Waals surface area contributed by atoms with Gasteiger partial charge in [0, 0.05) is 38.4 Å². The zero-order chi connectivity index (χ0) is 22.5. The molecule has 0 bridgehead atoms. The highest BCUT2D eigenvalue weighted by Gasteiger charge is 2.20. The minimum atomic E-state index is -0.418. The molecule has 6 nitrogen and oxygen atoms in total. The van der Waals surface area contributed by atoms with E-state index in [2.05, 4.69) is 58.2 Å². The molecule has 0 radical (unpaired) electrons. The Morgan fingerprint density at radius 3 is 2.41 bits per heavy atom. The van der Waals surface area contributed by atoms with Crippen molar-refractivity contribution in [3.05, 3.63) is 83.3 Å². The first-order chi connectivity index (χ1) is 15.5. The van der Waals surface area contributed by atoms with Crippen LogP contribution in [0.1, 0.15) is 47.3 Å². The molecule has 1 N–H and O–H groups in total. The van der Waals surface area contributed by atoms with Crippen LogP contribution in [0, 0.1) is 5.82 Å². The average molecular weight is 437 g/mol. The predicted octanol–water partition coefficient (Wildman–Crippen LogP) is 4.51. The van der Waals surface area contributed by atoms with E-state index in [4.69, 9.17) is 4.42 Å². The van der Waals surface area contributed by atoms with E-state index in [1.54, 1.807) is 12.1 Å². The first-order valence-electron chi connectivity index (χ1n) is 11.0. The highest BCUT2D eigenvalue weighted by molar-refractivity contribution is 6.02. The molecule has 1 fully saturated rings. The fourth-order valence-corrected chi connectivity index (χ4v) is 3.81. The van der Waals surface area contributed by atoms with Gasteiger partial charge in [0.2, 0.25) is 5.89 Å². The second-order valence-electron chi connectivity index (χ2n) is 8.54. The number of rotatable bonds is 7. The van der Waals surface area contributed by atoms with Gasteiger partial charge in [0.15, 0.2) is 5.69 Å². The molecule has 2 aromatic carbocycles. The van der Waals surface area contributed by atoms with Crippen LogP contribution in [0.15, 0.2) is 59.2 Å². The Kier molecular flexibility index (Phi) is 6.97. The van der Waals surface area contributed by atoms with Crippen molar-refractivity contribution in [2.24, 2.45) is 0 Å².